The lowest BCUT2D eigenvalue weighted by molar-refractivity contribution is -0.138. The second-order valence-corrected chi connectivity index (χ2v) is 13.6. The van der Waals surface area contributed by atoms with Gasteiger partial charge in [-0.05, 0) is 91.9 Å². The molecule has 0 radical (unpaired) electrons. The number of nitrogens with zero attached hydrogens (tertiary/aromatic N) is 1. The molecule has 1 unspecified atom stereocenters. The Morgan fingerprint density at radius 3 is 2.52 bits per heavy atom. The Morgan fingerprint density at radius 1 is 1.09 bits per heavy atom. The van der Waals surface area contributed by atoms with Crippen molar-refractivity contribution >= 4 is 44.2 Å². The van der Waals surface area contributed by atoms with Gasteiger partial charge in [-0.1, -0.05) is 25.1 Å². The number of sulfone groups is 1. The summed E-state index contributed by atoms with van der Waals surface area (Å²) >= 11 is 0. The SMILES string of the molecule is CC[C@@H](COC(=O)Nc1ccc(S(=O)(=O)C2CC2)c(CNC)c1)c1ccc(C(Nc2ccc3nc[nH]c(=O)c3c2)C(=O)O)cc1C. The largest absolute Gasteiger partial charge is 0.479 e. The zero-order chi connectivity index (χ0) is 33.0. The lowest BCUT2D eigenvalue weighted by atomic mass is 9.90. The number of aromatic amines is 1. The molecule has 1 heterocycles. The summed E-state index contributed by atoms with van der Waals surface area (Å²) in [6.45, 7) is 4.26. The van der Waals surface area contributed by atoms with Gasteiger partial charge in [0.05, 0.1) is 27.4 Å². The van der Waals surface area contributed by atoms with Crippen molar-refractivity contribution in [1.29, 1.82) is 0 Å². The van der Waals surface area contributed by atoms with E-state index in [4.69, 9.17) is 4.74 Å². The molecule has 0 aliphatic heterocycles. The number of nitrogens with one attached hydrogen (secondary N) is 4. The number of aryl methyl sites for hydroxylation is 1. The molecule has 5 N–H and O–H groups in total. The number of carboxylic acid groups (broad SMARTS) is 1. The van der Waals surface area contributed by atoms with Crippen LogP contribution in [0, 0.1) is 6.92 Å². The second-order valence-electron chi connectivity index (χ2n) is 11.4. The number of anilines is 2. The molecule has 4 aromatic rings. The number of fused-ring (bicyclic) bond motifs is 1. The predicted octanol–water partition coefficient (Wildman–Crippen LogP) is 4.87. The van der Waals surface area contributed by atoms with Crippen LogP contribution in [0.5, 0.6) is 0 Å². The summed E-state index contributed by atoms with van der Waals surface area (Å²) < 4.78 is 31.2. The maximum absolute atomic E-state index is 12.8. The normalized spacial score (nSPS) is 14.4. The highest BCUT2D eigenvalue weighted by Gasteiger charge is 2.38. The van der Waals surface area contributed by atoms with E-state index in [1.807, 2.05) is 19.9 Å². The van der Waals surface area contributed by atoms with E-state index in [1.54, 1.807) is 49.5 Å². The molecule has 13 heteroatoms. The number of benzene rings is 3. The lowest BCUT2D eigenvalue weighted by Gasteiger charge is -2.21. The Labute approximate surface area is 266 Å². The molecular formula is C33H37N5O7S. The molecule has 0 saturated heterocycles. The summed E-state index contributed by atoms with van der Waals surface area (Å²) in [4.78, 5) is 44.1. The number of hydrogen-bond donors (Lipinski definition) is 5. The van der Waals surface area contributed by atoms with E-state index in [1.165, 1.54) is 12.4 Å². The number of carboxylic acids is 1. The fourth-order valence-corrected chi connectivity index (χ4v) is 7.40. The van der Waals surface area contributed by atoms with Gasteiger partial charge in [-0.15, -0.1) is 0 Å². The summed E-state index contributed by atoms with van der Waals surface area (Å²) in [6.07, 6.45) is 2.64. The molecule has 0 spiro atoms. The van der Waals surface area contributed by atoms with Crippen LogP contribution < -0.4 is 21.5 Å². The van der Waals surface area contributed by atoms with Gasteiger partial charge in [0.1, 0.15) is 6.61 Å². The van der Waals surface area contributed by atoms with Crippen LogP contribution in [-0.2, 0) is 25.9 Å². The van der Waals surface area contributed by atoms with Crippen LogP contribution >= 0.6 is 0 Å². The molecule has 1 amide bonds. The van der Waals surface area contributed by atoms with Crippen LogP contribution in [0.3, 0.4) is 0 Å². The highest BCUT2D eigenvalue weighted by atomic mass is 32.2. The van der Waals surface area contributed by atoms with Gasteiger partial charge >= 0.3 is 12.1 Å². The molecule has 242 valence electrons. The van der Waals surface area contributed by atoms with Gasteiger partial charge in [-0.25, -0.2) is 23.0 Å². The van der Waals surface area contributed by atoms with Crippen molar-refractivity contribution in [2.45, 2.75) is 61.8 Å². The highest BCUT2D eigenvalue weighted by Crippen LogP contribution is 2.36. The maximum Gasteiger partial charge on any atom is 0.411 e. The third kappa shape index (κ3) is 7.21. The first-order valence-electron chi connectivity index (χ1n) is 15.0. The molecule has 46 heavy (non-hydrogen) atoms. The summed E-state index contributed by atoms with van der Waals surface area (Å²) in [5, 5.41) is 18.7. The van der Waals surface area contributed by atoms with Gasteiger partial charge in [0, 0.05) is 23.8 Å². The average Bonchev–Trinajstić information content (AvgIpc) is 3.88. The molecule has 5 rings (SSSR count). The molecule has 0 bridgehead atoms. The van der Waals surface area contributed by atoms with Crippen molar-refractivity contribution in [2.24, 2.45) is 0 Å². The van der Waals surface area contributed by atoms with E-state index >= 15 is 0 Å². The topological polar surface area (TPSA) is 180 Å². The number of aliphatic carboxylic acids is 1. The molecule has 2 atom stereocenters. The first-order valence-corrected chi connectivity index (χ1v) is 16.6. The second kappa shape index (κ2) is 13.7. The summed E-state index contributed by atoms with van der Waals surface area (Å²) in [5.41, 5.74) is 3.92. The summed E-state index contributed by atoms with van der Waals surface area (Å²) in [6, 6.07) is 13.9. The molecule has 1 saturated carbocycles. The third-order valence-corrected chi connectivity index (χ3v) is 10.5. The molecular weight excluding hydrogens is 610 g/mol. The Hall–Kier alpha value is -4.75. The number of amides is 1. The number of ether oxygens (including phenoxy) is 1. The predicted molar refractivity (Wildman–Crippen MR) is 175 cm³/mol. The van der Waals surface area contributed by atoms with Gasteiger partial charge in [0.15, 0.2) is 15.9 Å². The molecule has 3 aromatic carbocycles. The average molecular weight is 648 g/mol. The zero-order valence-electron chi connectivity index (χ0n) is 25.8. The number of aromatic nitrogens is 2. The van der Waals surface area contributed by atoms with E-state index < -0.39 is 27.9 Å². The van der Waals surface area contributed by atoms with Gasteiger partial charge in [0.2, 0.25) is 0 Å². The van der Waals surface area contributed by atoms with E-state index in [0.717, 1.165) is 11.1 Å². The van der Waals surface area contributed by atoms with Crippen LogP contribution in [0.25, 0.3) is 10.9 Å². The van der Waals surface area contributed by atoms with Crippen LogP contribution in [0.2, 0.25) is 0 Å². The Kier molecular flexibility index (Phi) is 9.73. The summed E-state index contributed by atoms with van der Waals surface area (Å²) in [7, 11) is -1.67. The number of hydrogen-bond acceptors (Lipinski definition) is 9. The van der Waals surface area contributed by atoms with Crippen molar-refractivity contribution < 1.29 is 27.9 Å². The summed E-state index contributed by atoms with van der Waals surface area (Å²) in [5.74, 6) is -1.24. The van der Waals surface area contributed by atoms with E-state index in [-0.39, 0.29) is 28.2 Å². The minimum Gasteiger partial charge on any atom is -0.479 e. The van der Waals surface area contributed by atoms with Crippen molar-refractivity contribution in [2.75, 3.05) is 24.3 Å². The highest BCUT2D eigenvalue weighted by molar-refractivity contribution is 7.92. The van der Waals surface area contributed by atoms with Crippen LogP contribution in [0.1, 0.15) is 60.4 Å². The fourth-order valence-electron chi connectivity index (χ4n) is 5.53. The number of carbonyl (C=O) groups excluding carboxylic acids is 1. The lowest BCUT2D eigenvalue weighted by Crippen LogP contribution is -2.21. The molecule has 1 aliphatic rings. The smallest absolute Gasteiger partial charge is 0.411 e. The fraction of sp³-hybridized carbons (Fsp3) is 0.333. The van der Waals surface area contributed by atoms with Gasteiger partial charge in [-0.2, -0.15) is 0 Å². The molecule has 1 aliphatic carbocycles. The van der Waals surface area contributed by atoms with Crippen molar-refractivity contribution in [3.05, 3.63) is 93.5 Å². The van der Waals surface area contributed by atoms with Crippen molar-refractivity contribution in [3.63, 3.8) is 0 Å². The Balaban J connectivity index is 1.26. The van der Waals surface area contributed by atoms with Gasteiger partial charge in [0.25, 0.3) is 5.56 Å². The minimum atomic E-state index is -3.40. The standard InChI is InChI=1S/C33H37N5O7S/c1-4-20(17-45-33(42)38-23-7-12-29(22(14-23)16-34-3)46(43,44)25-8-9-25)26-10-5-21(13-19(26)2)30(32(40)41)37-24-6-11-28-27(15-24)31(39)36-18-35-28/h5-7,10-15,18,20,25,30,34,37H,4,8-9,16-17H2,1-3H3,(H,38,42)(H,40,41)(H,35,36,39)/t20-,30?/m0/s1. The van der Waals surface area contributed by atoms with Gasteiger partial charge in [-0.3, -0.25) is 10.1 Å². The van der Waals surface area contributed by atoms with Crippen LogP contribution in [0.15, 0.2) is 70.6 Å². The number of carbonyl (C=O) groups is 2. The van der Waals surface area contributed by atoms with Crippen LogP contribution in [-0.4, -0.2) is 54.5 Å². The Morgan fingerprint density at radius 2 is 1.85 bits per heavy atom. The quantitative estimate of drug-likeness (QED) is 0.134. The maximum atomic E-state index is 12.8. The monoisotopic (exact) mass is 647 g/mol. The van der Waals surface area contributed by atoms with Crippen molar-refractivity contribution in [3.8, 4) is 0 Å². The first-order chi connectivity index (χ1) is 22.0. The van der Waals surface area contributed by atoms with Crippen LogP contribution in [0.4, 0.5) is 16.2 Å². The minimum absolute atomic E-state index is 0.0836. The molecule has 1 aromatic heterocycles. The molecule has 12 nitrogen and oxygen atoms in total. The van der Waals surface area contributed by atoms with E-state index in [2.05, 4.69) is 25.9 Å². The Bertz CT molecular complexity index is 1940. The zero-order valence-corrected chi connectivity index (χ0v) is 26.6. The van der Waals surface area contributed by atoms with Gasteiger partial charge < -0.3 is 25.5 Å². The number of rotatable bonds is 13. The van der Waals surface area contributed by atoms with Crippen molar-refractivity contribution in [1.82, 2.24) is 15.3 Å². The first kappa shape index (κ1) is 32.6. The van der Waals surface area contributed by atoms with E-state index in [9.17, 15) is 27.9 Å². The van der Waals surface area contributed by atoms with E-state index in [0.29, 0.717) is 59.2 Å². The third-order valence-electron chi connectivity index (χ3n) is 8.12. The number of H-pyrrole nitrogens is 1. The molecule has 1 fully saturated rings.